The molecule has 12 aromatic heterocycles. The van der Waals surface area contributed by atoms with Gasteiger partial charge in [-0.05, 0) is 150 Å². The third-order valence-corrected chi connectivity index (χ3v) is 8.73. The molecule has 14 aromatic rings. The Morgan fingerprint density at radius 2 is 0.328 bits per heavy atom. The summed E-state index contributed by atoms with van der Waals surface area (Å²) in [7, 11) is 0.889. The van der Waals surface area contributed by atoms with Crippen molar-refractivity contribution in [1.29, 1.82) is 0 Å². The molecule has 0 fully saturated rings. The van der Waals surface area contributed by atoms with Crippen molar-refractivity contribution in [3.05, 3.63) is 401 Å². The van der Waals surface area contributed by atoms with Crippen molar-refractivity contribution < 1.29 is 4.92 Å². The standard InChI is InChI=1S/2C9H7N.10C5H5N.3C3H8.16C2H6.CH3NO2/c1-2-6-9-8(4-1)5-3-7-10-9;1-2-4-9-7-10-6-5-8(9)3-1;10*1-2-4-6-5-3-1;3*1-3-2;16*1-2;1-2(3)4/h2*1-7H;10*1-5H;3*3H2,1-2H3;16*1-2H3;1H3. The molecule has 0 aliphatic heterocycles. The Morgan fingerprint density at radius 1 is 0.184 bits per heavy atom. The normalized spacial score (nSPS) is 6.84. The largest absolute Gasteiger partial charge is 0.265 e. The van der Waals surface area contributed by atoms with E-state index in [1.54, 1.807) is 124 Å². The molecule has 12 heterocycles. The van der Waals surface area contributed by atoms with Crippen molar-refractivity contribution in [2.45, 2.75) is 282 Å². The SMILES string of the molecule is CC.CC.CC.CC.CC.CC.CC.CC.CC.CC.CC.CC.CC.CC.CC.CC.CCC.CCC.CCC.C[N+](=O)[O-].c1ccc2cnccc2c1.c1ccc2ncccc2c1.c1ccncc1.c1ccncc1.c1ccncc1.c1ccncc1.c1ccncc1.c1ccncc1.c1ccncc1.c1ccncc1.c1ccncc1.c1ccncc1. The van der Waals surface area contributed by atoms with Gasteiger partial charge >= 0.3 is 0 Å². The highest BCUT2D eigenvalue weighted by Crippen LogP contribution is 2.10. The first-order valence-corrected chi connectivity index (χ1v) is 46.1. The highest BCUT2D eigenvalue weighted by atomic mass is 16.6. The van der Waals surface area contributed by atoms with Gasteiger partial charge in [0.15, 0.2) is 7.05 Å². The van der Waals surface area contributed by atoms with Gasteiger partial charge in [0.25, 0.3) is 0 Å². The lowest BCUT2D eigenvalue weighted by atomic mass is 10.2. The molecular weight excluding hydrogens is 1540 g/mol. The van der Waals surface area contributed by atoms with Gasteiger partial charge in [-0.3, -0.25) is 69.9 Å². The van der Waals surface area contributed by atoms with E-state index in [-0.39, 0.29) is 0 Å². The maximum absolute atomic E-state index is 8.81. The van der Waals surface area contributed by atoms with Crippen molar-refractivity contribution in [3.8, 4) is 0 Å². The van der Waals surface area contributed by atoms with Gasteiger partial charge < -0.3 is 0 Å². The van der Waals surface area contributed by atoms with E-state index in [1.807, 2.05) is 465 Å². The Labute approximate surface area is 772 Å². The van der Waals surface area contributed by atoms with Crippen LogP contribution in [0.15, 0.2) is 391 Å². The predicted molar refractivity (Wildman–Crippen MR) is 568 cm³/mol. The van der Waals surface area contributed by atoms with E-state index < -0.39 is 4.92 Å². The first-order chi connectivity index (χ1) is 61.9. The Kier molecular flexibility index (Phi) is 258. The van der Waals surface area contributed by atoms with Gasteiger partial charge in [-0.15, -0.1) is 0 Å². The van der Waals surface area contributed by atoms with Crippen LogP contribution in [0.5, 0.6) is 0 Å². The smallest absolute Gasteiger partial charge is 0.194 e. The molecule has 0 atom stereocenters. The number of nitrogens with zero attached hydrogens (tertiary/aromatic N) is 13. The van der Waals surface area contributed by atoms with Crippen LogP contribution in [0.4, 0.5) is 0 Å². The number of aromatic nitrogens is 12. The Hall–Kier alpha value is -11.8. The number of rotatable bonds is 0. The Balaban J connectivity index is -0.0000000602. The number of fused-ring (bicyclic) bond motifs is 2. The van der Waals surface area contributed by atoms with Crippen molar-refractivity contribution in [2.24, 2.45) is 0 Å². The van der Waals surface area contributed by atoms with Crippen molar-refractivity contribution in [1.82, 2.24) is 59.8 Å². The van der Waals surface area contributed by atoms with Crippen LogP contribution in [0.2, 0.25) is 0 Å². The number of benzene rings is 2. The second-order valence-corrected chi connectivity index (χ2v) is 17.2. The molecule has 0 N–H and O–H groups in total. The minimum atomic E-state index is -0.500. The molecular formula is C110H187N13O2. The van der Waals surface area contributed by atoms with E-state index >= 15 is 0 Å². The lowest BCUT2D eigenvalue weighted by molar-refractivity contribution is -0.445. The van der Waals surface area contributed by atoms with Crippen LogP contribution < -0.4 is 0 Å². The van der Waals surface area contributed by atoms with Crippen LogP contribution in [-0.4, -0.2) is 71.8 Å². The van der Waals surface area contributed by atoms with E-state index in [9.17, 15) is 0 Å². The molecule has 0 aliphatic carbocycles. The summed E-state index contributed by atoms with van der Waals surface area (Å²) >= 11 is 0. The third kappa shape index (κ3) is 192. The minimum absolute atomic E-state index is 0.500. The molecule has 0 saturated heterocycles. The first-order valence-electron chi connectivity index (χ1n) is 46.1. The molecule has 0 amide bonds. The molecule has 0 unspecified atom stereocenters. The molecule has 704 valence electrons. The molecule has 0 radical (unpaired) electrons. The highest BCUT2D eigenvalue weighted by Gasteiger charge is 1.87. The molecule has 15 heteroatoms. The number of hydrogen-bond donors (Lipinski definition) is 0. The summed E-state index contributed by atoms with van der Waals surface area (Å²) < 4.78 is 0. The van der Waals surface area contributed by atoms with Gasteiger partial charge in [-0.1, -0.05) is 392 Å². The molecule has 14 rings (SSSR count). The van der Waals surface area contributed by atoms with Gasteiger partial charge in [0.2, 0.25) is 0 Å². The zero-order valence-corrected chi connectivity index (χ0v) is 86.7. The lowest BCUT2D eigenvalue weighted by Crippen LogP contribution is -1.79. The summed E-state index contributed by atoms with van der Waals surface area (Å²) in [6.45, 7) is 76.8. The molecule has 0 aliphatic rings. The fourth-order valence-electron chi connectivity index (χ4n) is 5.17. The lowest BCUT2D eigenvalue weighted by Gasteiger charge is -1.91. The molecule has 0 bridgehead atoms. The number of hydrogen-bond acceptors (Lipinski definition) is 14. The van der Waals surface area contributed by atoms with Gasteiger partial charge in [-0.25, -0.2) is 0 Å². The van der Waals surface area contributed by atoms with Crippen LogP contribution in [0, 0.1) is 10.1 Å². The zero-order chi connectivity index (χ0) is 99.7. The fourth-order valence-corrected chi connectivity index (χ4v) is 5.17. The average Bonchev–Trinajstić information content (AvgIpc) is 0.880. The molecule has 0 saturated carbocycles. The monoisotopic (exact) mass is 1720 g/mol. The summed E-state index contributed by atoms with van der Waals surface area (Å²) in [5, 5.41) is 12.5. The van der Waals surface area contributed by atoms with Gasteiger partial charge in [0.05, 0.1) is 5.52 Å². The van der Waals surface area contributed by atoms with Gasteiger partial charge in [0, 0.05) is 153 Å². The molecule has 125 heavy (non-hydrogen) atoms. The highest BCUT2D eigenvalue weighted by molar-refractivity contribution is 5.81. The van der Waals surface area contributed by atoms with Gasteiger partial charge in [-0.2, -0.15) is 0 Å². The Morgan fingerprint density at radius 3 is 0.464 bits per heavy atom. The minimum Gasteiger partial charge on any atom is -0.265 e. The van der Waals surface area contributed by atoms with E-state index in [4.69, 9.17) is 10.1 Å². The van der Waals surface area contributed by atoms with Crippen LogP contribution in [0.3, 0.4) is 0 Å². The quantitative estimate of drug-likeness (QED) is 0.103. The van der Waals surface area contributed by atoms with E-state index in [0.29, 0.717) is 0 Å². The third-order valence-electron chi connectivity index (χ3n) is 8.73. The topological polar surface area (TPSA) is 198 Å². The van der Waals surface area contributed by atoms with E-state index in [2.05, 4.69) is 126 Å². The van der Waals surface area contributed by atoms with Crippen molar-refractivity contribution in [3.63, 3.8) is 0 Å². The number of pyridine rings is 12. The maximum atomic E-state index is 8.81. The second kappa shape index (κ2) is 205. The summed E-state index contributed by atoms with van der Waals surface area (Å²) in [5.74, 6) is 0. The van der Waals surface area contributed by atoms with Crippen LogP contribution >= 0.6 is 0 Å². The zero-order valence-electron chi connectivity index (χ0n) is 86.7. The maximum Gasteiger partial charge on any atom is 0.194 e. The molecule has 0 spiro atoms. The molecule has 15 nitrogen and oxygen atoms in total. The second-order valence-electron chi connectivity index (χ2n) is 17.2. The van der Waals surface area contributed by atoms with E-state index in [0.717, 1.165) is 12.6 Å². The first kappa shape index (κ1) is 157. The summed E-state index contributed by atoms with van der Waals surface area (Å²) in [4.78, 5) is 54.3. The average molecular weight is 1720 g/mol. The van der Waals surface area contributed by atoms with E-state index in [1.165, 1.54) is 35.4 Å². The van der Waals surface area contributed by atoms with Crippen LogP contribution in [0.1, 0.15) is 282 Å². The van der Waals surface area contributed by atoms with Crippen molar-refractivity contribution in [2.75, 3.05) is 7.05 Å². The summed E-state index contributed by atoms with van der Waals surface area (Å²) in [6, 6.07) is 79.4. The van der Waals surface area contributed by atoms with Crippen LogP contribution in [-0.2, 0) is 0 Å². The van der Waals surface area contributed by atoms with Crippen molar-refractivity contribution >= 4 is 21.7 Å². The number of nitro groups is 1. The predicted octanol–water partition coefficient (Wildman–Crippen LogP) is 35.8. The van der Waals surface area contributed by atoms with Gasteiger partial charge in [0.1, 0.15) is 0 Å². The summed E-state index contributed by atoms with van der Waals surface area (Å²) in [6.07, 6.45) is 44.2. The summed E-state index contributed by atoms with van der Waals surface area (Å²) in [5.41, 5.74) is 1.06. The Bertz CT molecular complexity index is 2490. The fraction of sp³-hybridized carbons (Fsp3) is 0.382. The molecule has 2 aromatic carbocycles. The number of para-hydroxylation sites is 1. The van der Waals surface area contributed by atoms with Crippen LogP contribution in [0.25, 0.3) is 21.7 Å².